The van der Waals surface area contributed by atoms with Gasteiger partial charge >= 0.3 is 6.09 Å². The van der Waals surface area contributed by atoms with Gasteiger partial charge in [0.25, 0.3) is 0 Å². The zero-order valence-corrected chi connectivity index (χ0v) is 15.3. The molecule has 0 aliphatic carbocycles. The zero-order chi connectivity index (χ0) is 18.2. The number of aromatic amines is 1. The number of aromatic nitrogens is 4. The van der Waals surface area contributed by atoms with E-state index in [0.717, 1.165) is 16.8 Å². The zero-order valence-electron chi connectivity index (χ0n) is 14.6. The summed E-state index contributed by atoms with van der Waals surface area (Å²) in [5.41, 5.74) is 3.03. The lowest BCUT2D eigenvalue weighted by molar-refractivity contribution is 0.142. The van der Waals surface area contributed by atoms with E-state index in [9.17, 15) is 4.79 Å². The maximum Gasteiger partial charge on any atom is 0.407 e. The van der Waals surface area contributed by atoms with Gasteiger partial charge in [0.05, 0.1) is 5.69 Å². The number of benzene rings is 1. The summed E-state index contributed by atoms with van der Waals surface area (Å²) in [5, 5.41) is 10.7. The van der Waals surface area contributed by atoms with E-state index in [0.29, 0.717) is 16.5 Å². The van der Waals surface area contributed by atoms with Crippen LogP contribution in [0.1, 0.15) is 32.0 Å². The summed E-state index contributed by atoms with van der Waals surface area (Å²) in [6, 6.07) is 7.53. The molecule has 3 aromatic rings. The summed E-state index contributed by atoms with van der Waals surface area (Å²) in [6.45, 7) is 6.39. The Morgan fingerprint density at radius 1 is 1.40 bits per heavy atom. The minimum atomic E-state index is -0.472. The second kappa shape index (κ2) is 6.40. The summed E-state index contributed by atoms with van der Waals surface area (Å²) < 4.78 is 6.65. The number of hydrogen-bond acceptors (Lipinski definition) is 4. The summed E-state index contributed by atoms with van der Waals surface area (Å²) in [7, 11) is 1.52. The quantitative estimate of drug-likeness (QED) is 0.747. The second-order valence-electron chi connectivity index (χ2n) is 6.75. The van der Waals surface area contributed by atoms with Crippen LogP contribution in [0.4, 0.5) is 4.79 Å². The fourth-order valence-corrected chi connectivity index (χ4v) is 2.89. The number of halogens is 1. The van der Waals surface area contributed by atoms with Crippen LogP contribution in [-0.2, 0) is 16.8 Å². The number of ether oxygens (including phenoxy) is 1. The first-order valence-electron chi connectivity index (χ1n) is 7.88. The molecule has 1 aromatic carbocycles. The van der Waals surface area contributed by atoms with E-state index in [-0.39, 0.29) is 12.0 Å². The highest BCUT2D eigenvalue weighted by Crippen LogP contribution is 2.31. The molecule has 3 rings (SSSR count). The van der Waals surface area contributed by atoms with Gasteiger partial charge in [-0.25, -0.2) is 9.78 Å². The number of amides is 1. The van der Waals surface area contributed by atoms with Gasteiger partial charge in [0.1, 0.15) is 11.6 Å². The first-order chi connectivity index (χ1) is 11.8. The smallest absolute Gasteiger partial charge is 0.407 e. The maximum atomic E-state index is 11.2. The molecule has 0 saturated heterocycles. The average molecular weight is 362 g/mol. The first kappa shape index (κ1) is 17.3. The Hall–Kier alpha value is -2.54. The number of hydrogen-bond donors (Lipinski definition) is 2. The number of H-pyrrole nitrogens is 1. The van der Waals surface area contributed by atoms with Crippen LogP contribution in [0.2, 0.25) is 5.02 Å². The number of fused-ring (bicyclic) bond motifs is 1. The Morgan fingerprint density at radius 3 is 2.80 bits per heavy atom. The van der Waals surface area contributed by atoms with Crippen molar-refractivity contribution in [2.45, 2.75) is 32.8 Å². The third kappa shape index (κ3) is 3.46. The van der Waals surface area contributed by atoms with Crippen molar-refractivity contribution in [3.63, 3.8) is 0 Å². The van der Waals surface area contributed by atoms with Gasteiger partial charge in [-0.2, -0.15) is 4.63 Å². The summed E-state index contributed by atoms with van der Waals surface area (Å²) in [5.74, 6) is 0.551. The average Bonchev–Trinajstić information content (AvgIpc) is 3.12. The summed E-state index contributed by atoms with van der Waals surface area (Å²) in [4.78, 5) is 15.7. The van der Waals surface area contributed by atoms with Gasteiger partial charge in [0, 0.05) is 18.0 Å². The Kier molecular flexibility index (Phi) is 4.43. The highest BCUT2D eigenvalue weighted by molar-refractivity contribution is 6.34. The molecule has 2 N–H and O–H groups in total. The molecule has 0 radical (unpaired) electrons. The van der Waals surface area contributed by atoms with Crippen molar-refractivity contribution in [2.24, 2.45) is 0 Å². The molecular weight excluding hydrogens is 342 g/mol. The fraction of sp³-hybridized carbons (Fsp3) is 0.353. The van der Waals surface area contributed by atoms with Crippen molar-refractivity contribution in [3.05, 3.63) is 40.5 Å². The van der Waals surface area contributed by atoms with Crippen molar-refractivity contribution in [2.75, 3.05) is 7.05 Å². The number of rotatable bonds is 3. The second-order valence-corrected chi connectivity index (χ2v) is 7.13. The molecule has 132 valence electrons. The molecule has 1 amide bonds. The van der Waals surface area contributed by atoms with Crippen LogP contribution in [0.5, 0.6) is 0 Å². The molecule has 0 fully saturated rings. The van der Waals surface area contributed by atoms with Crippen LogP contribution in [0.15, 0.2) is 24.3 Å². The van der Waals surface area contributed by atoms with Crippen molar-refractivity contribution in [1.29, 1.82) is 0 Å². The Balaban J connectivity index is 1.91. The topological polar surface area (TPSA) is 84.3 Å². The van der Waals surface area contributed by atoms with Gasteiger partial charge in [-0.15, -0.1) is 5.10 Å². The minimum Gasteiger partial charge on any atom is -0.445 e. The molecule has 7 nitrogen and oxygen atoms in total. The monoisotopic (exact) mass is 361 g/mol. The molecule has 2 heterocycles. The number of nitrogens with one attached hydrogen (secondary N) is 2. The molecule has 0 atom stereocenters. The van der Waals surface area contributed by atoms with E-state index in [2.05, 4.69) is 41.3 Å². The first-order valence-corrected chi connectivity index (χ1v) is 8.26. The van der Waals surface area contributed by atoms with Crippen LogP contribution >= 0.6 is 11.6 Å². The van der Waals surface area contributed by atoms with E-state index in [1.807, 2.05) is 24.3 Å². The highest BCUT2D eigenvalue weighted by atomic mass is 35.5. The van der Waals surface area contributed by atoms with Gasteiger partial charge in [-0.3, -0.25) is 5.10 Å². The predicted molar refractivity (Wildman–Crippen MR) is 95.7 cm³/mol. The number of nitrogens with zero attached hydrogens (tertiary/aromatic N) is 3. The largest absolute Gasteiger partial charge is 0.445 e. The van der Waals surface area contributed by atoms with Gasteiger partial charge in [0.2, 0.25) is 0 Å². The standard InChI is InChI=1S/C17H20ClN5O2/c1-17(2,3)13-12(18)15-20-14(22-23(15)21-13)11-7-5-6-10(8-11)9-25-16(24)19-4/h5-8,21H,9H2,1-4H3,(H,19,24). The van der Waals surface area contributed by atoms with Gasteiger partial charge in [-0.05, 0) is 11.6 Å². The van der Waals surface area contributed by atoms with Crippen LogP contribution in [0.25, 0.3) is 17.0 Å². The molecular formula is C17H20ClN5O2. The Bertz CT molecular complexity index is 923. The van der Waals surface area contributed by atoms with E-state index in [4.69, 9.17) is 16.3 Å². The van der Waals surface area contributed by atoms with E-state index in [1.54, 1.807) is 4.63 Å². The fourth-order valence-electron chi connectivity index (χ4n) is 2.44. The molecule has 8 heteroatoms. The van der Waals surface area contributed by atoms with E-state index >= 15 is 0 Å². The van der Waals surface area contributed by atoms with Gasteiger partial charge in [-0.1, -0.05) is 50.6 Å². The van der Waals surface area contributed by atoms with E-state index in [1.165, 1.54) is 7.05 Å². The van der Waals surface area contributed by atoms with E-state index < -0.39 is 6.09 Å². The molecule has 0 aliphatic rings. The lowest BCUT2D eigenvalue weighted by Crippen LogP contribution is -2.18. The lowest BCUT2D eigenvalue weighted by atomic mass is 9.92. The Labute approximate surface area is 150 Å². The highest BCUT2D eigenvalue weighted by Gasteiger charge is 2.24. The molecule has 0 aliphatic heterocycles. The normalized spacial score (nSPS) is 11.7. The molecule has 25 heavy (non-hydrogen) atoms. The van der Waals surface area contributed by atoms with Crippen molar-refractivity contribution >= 4 is 23.3 Å². The molecule has 0 saturated carbocycles. The van der Waals surface area contributed by atoms with Crippen molar-refractivity contribution in [3.8, 4) is 11.4 Å². The maximum absolute atomic E-state index is 11.2. The van der Waals surface area contributed by atoms with Crippen LogP contribution in [0, 0.1) is 0 Å². The van der Waals surface area contributed by atoms with Crippen LogP contribution < -0.4 is 5.32 Å². The third-order valence-corrected chi connectivity index (χ3v) is 4.11. The van der Waals surface area contributed by atoms with Crippen molar-refractivity contribution < 1.29 is 9.53 Å². The Morgan fingerprint density at radius 2 is 2.16 bits per heavy atom. The number of alkyl carbamates (subject to hydrolysis) is 1. The molecule has 2 aromatic heterocycles. The molecule has 0 unspecified atom stereocenters. The minimum absolute atomic E-state index is 0.128. The lowest BCUT2D eigenvalue weighted by Gasteiger charge is -2.16. The predicted octanol–water partition coefficient (Wildman–Crippen LogP) is 3.53. The van der Waals surface area contributed by atoms with Crippen molar-refractivity contribution in [1.82, 2.24) is 25.1 Å². The number of carbonyl (C=O) groups excluding carboxylic acids is 1. The summed E-state index contributed by atoms with van der Waals surface area (Å²) in [6.07, 6.45) is -0.472. The van der Waals surface area contributed by atoms with Crippen LogP contribution in [0.3, 0.4) is 0 Å². The third-order valence-electron chi connectivity index (χ3n) is 3.75. The van der Waals surface area contributed by atoms with Gasteiger partial charge < -0.3 is 10.1 Å². The molecule has 0 bridgehead atoms. The number of carbonyl (C=O) groups is 1. The summed E-state index contributed by atoms with van der Waals surface area (Å²) >= 11 is 6.46. The van der Waals surface area contributed by atoms with Crippen LogP contribution in [-0.4, -0.2) is 33.0 Å². The SMILES string of the molecule is CNC(=O)OCc1cccc(-c2nc3c(Cl)c(C(C)(C)C)[nH]n3n2)c1. The van der Waals surface area contributed by atoms with Gasteiger partial charge in [0.15, 0.2) is 11.5 Å². The molecule has 0 spiro atoms.